The molecule has 0 unspecified atom stereocenters. The lowest BCUT2D eigenvalue weighted by molar-refractivity contribution is 0.0706. The van der Waals surface area contributed by atoms with Crippen LogP contribution >= 0.6 is 0 Å². The number of hydrogen-bond donors (Lipinski definition) is 2. The van der Waals surface area contributed by atoms with Crippen molar-refractivity contribution in [3.63, 3.8) is 0 Å². The molecule has 8 nitrogen and oxygen atoms in total. The molecule has 0 saturated carbocycles. The molecule has 168 valence electrons. The van der Waals surface area contributed by atoms with Gasteiger partial charge in [-0.1, -0.05) is 48.5 Å². The zero-order valence-electron chi connectivity index (χ0n) is 18.0. The molecule has 0 fully saturated rings. The molecule has 0 aliphatic heterocycles. The van der Waals surface area contributed by atoms with Crippen LogP contribution in [0.2, 0.25) is 0 Å². The standard InChI is InChI=1S/C25H23N3O5/c1-33-22-15-18(23(29)26-32)11-12-19(22)16-28-21-10-6-5-9-20(21)24(30)27(25(28)31)14-13-17-7-3-2-4-8-17/h2-12,15,32H,13-14,16H2,1H3,(H,26,29). The number of nitrogens with one attached hydrogen (secondary N) is 1. The summed E-state index contributed by atoms with van der Waals surface area (Å²) in [6.07, 6.45) is 0.544. The molecular formula is C25H23N3O5. The summed E-state index contributed by atoms with van der Waals surface area (Å²) in [6.45, 7) is 0.383. The minimum Gasteiger partial charge on any atom is -0.496 e. The summed E-state index contributed by atoms with van der Waals surface area (Å²) in [5.74, 6) is -0.286. The molecule has 0 bridgehead atoms. The number of para-hydroxylation sites is 1. The summed E-state index contributed by atoms with van der Waals surface area (Å²) in [5, 5.41) is 9.33. The second-order valence-corrected chi connectivity index (χ2v) is 7.55. The van der Waals surface area contributed by atoms with Crippen LogP contribution in [0.25, 0.3) is 10.9 Å². The number of carbonyl (C=O) groups is 1. The molecule has 1 amide bonds. The average molecular weight is 445 g/mol. The van der Waals surface area contributed by atoms with Crippen LogP contribution in [0.1, 0.15) is 21.5 Å². The predicted molar refractivity (Wildman–Crippen MR) is 124 cm³/mol. The van der Waals surface area contributed by atoms with Crippen LogP contribution in [0.5, 0.6) is 5.75 Å². The highest BCUT2D eigenvalue weighted by molar-refractivity contribution is 5.93. The number of amides is 1. The van der Waals surface area contributed by atoms with Crippen LogP contribution < -0.4 is 21.5 Å². The first-order valence-electron chi connectivity index (χ1n) is 10.4. The number of aromatic nitrogens is 2. The summed E-state index contributed by atoms with van der Waals surface area (Å²) >= 11 is 0. The molecule has 2 N–H and O–H groups in total. The maximum absolute atomic E-state index is 13.4. The minimum absolute atomic E-state index is 0.134. The Hall–Kier alpha value is -4.17. The maximum Gasteiger partial charge on any atom is 0.331 e. The molecule has 4 aromatic rings. The van der Waals surface area contributed by atoms with Crippen LogP contribution in [0, 0.1) is 0 Å². The number of nitrogens with zero attached hydrogens (tertiary/aromatic N) is 2. The third-order valence-electron chi connectivity index (χ3n) is 5.58. The van der Waals surface area contributed by atoms with E-state index in [1.807, 2.05) is 30.3 Å². The van der Waals surface area contributed by atoms with Gasteiger partial charge in [-0.3, -0.25) is 23.9 Å². The van der Waals surface area contributed by atoms with Gasteiger partial charge in [0.05, 0.1) is 24.6 Å². The fourth-order valence-corrected chi connectivity index (χ4v) is 3.86. The Labute approximate surface area is 189 Å². The molecule has 0 aliphatic carbocycles. The molecule has 1 aromatic heterocycles. The van der Waals surface area contributed by atoms with Crippen LogP contribution in [-0.2, 0) is 19.5 Å². The van der Waals surface area contributed by atoms with Crippen molar-refractivity contribution >= 4 is 16.8 Å². The lowest BCUT2D eigenvalue weighted by atomic mass is 10.1. The predicted octanol–water partition coefficient (Wildman–Crippen LogP) is 2.58. The van der Waals surface area contributed by atoms with Gasteiger partial charge in [-0.05, 0) is 36.2 Å². The number of hydroxylamine groups is 1. The highest BCUT2D eigenvalue weighted by Gasteiger charge is 2.16. The van der Waals surface area contributed by atoms with Crippen molar-refractivity contribution in [3.05, 3.63) is 110 Å². The van der Waals surface area contributed by atoms with Crippen molar-refractivity contribution in [3.8, 4) is 5.75 Å². The van der Waals surface area contributed by atoms with Crippen LogP contribution in [0.3, 0.4) is 0 Å². The third kappa shape index (κ3) is 4.42. The molecule has 0 atom stereocenters. The Balaban J connectivity index is 1.80. The Morgan fingerprint density at radius 2 is 1.70 bits per heavy atom. The molecule has 33 heavy (non-hydrogen) atoms. The van der Waals surface area contributed by atoms with Gasteiger partial charge in [-0.25, -0.2) is 10.3 Å². The Bertz CT molecular complexity index is 1420. The van der Waals surface area contributed by atoms with Gasteiger partial charge in [0.25, 0.3) is 11.5 Å². The number of ether oxygens (including phenoxy) is 1. The van der Waals surface area contributed by atoms with E-state index in [0.29, 0.717) is 28.6 Å². The van der Waals surface area contributed by atoms with Crippen molar-refractivity contribution in [2.45, 2.75) is 19.5 Å². The van der Waals surface area contributed by atoms with E-state index in [-0.39, 0.29) is 24.2 Å². The Kier molecular flexibility index (Phi) is 6.37. The quantitative estimate of drug-likeness (QED) is 0.336. The maximum atomic E-state index is 13.4. The van der Waals surface area contributed by atoms with Gasteiger partial charge in [0.2, 0.25) is 0 Å². The van der Waals surface area contributed by atoms with Crippen molar-refractivity contribution in [1.29, 1.82) is 0 Å². The number of hydrogen-bond acceptors (Lipinski definition) is 5. The molecule has 8 heteroatoms. The summed E-state index contributed by atoms with van der Waals surface area (Å²) in [7, 11) is 1.46. The van der Waals surface area contributed by atoms with Gasteiger partial charge in [0.15, 0.2) is 0 Å². The van der Waals surface area contributed by atoms with E-state index in [9.17, 15) is 14.4 Å². The molecular weight excluding hydrogens is 422 g/mol. The first kappa shape index (κ1) is 22.0. The number of carbonyl (C=O) groups excluding carboxylic acids is 1. The Morgan fingerprint density at radius 1 is 0.970 bits per heavy atom. The van der Waals surface area contributed by atoms with Crippen molar-refractivity contribution in [2.24, 2.45) is 0 Å². The zero-order valence-corrected chi connectivity index (χ0v) is 18.0. The van der Waals surface area contributed by atoms with E-state index >= 15 is 0 Å². The first-order chi connectivity index (χ1) is 16.0. The lowest BCUT2D eigenvalue weighted by Crippen LogP contribution is -2.40. The van der Waals surface area contributed by atoms with E-state index in [0.717, 1.165) is 5.56 Å². The fourth-order valence-electron chi connectivity index (χ4n) is 3.86. The van der Waals surface area contributed by atoms with Crippen LogP contribution in [0.15, 0.2) is 82.4 Å². The number of aryl methyl sites for hydroxylation is 1. The summed E-state index contributed by atoms with van der Waals surface area (Å²) in [6, 6.07) is 21.3. The van der Waals surface area contributed by atoms with E-state index in [4.69, 9.17) is 9.94 Å². The fraction of sp³-hybridized carbons (Fsp3) is 0.160. The number of methoxy groups -OCH3 is 1. The van der Waals surface area contributed by atoms with Gasteiger partial charge in [0.1, 0.15) is 5.75 Å². The third-order valence-corrected chi connectivity index (χ3v) is 5.58. The largest absolute Gasteiger partial charge is 0.496 e. The molecule has 0 aliphatic rings. The van der Waals surface area contributed by atoms with Crippen LogP contribution in [0.4, 0.5) is 0 Å². The smallest absolute Gasteiger partial charge is 0.331 e. The van der Waals surface area contributed by atoms with E-state index < -0.39 is 11.6 Å². The molecule has 0 saturated heterocycles. The summed E-state index contributed by atoms with van der Waals surface area (Å²) in [5.41, 5.74) is 3.24. The molecule has 0 radical (unpaired) electrons. The molecule has 0 spiro atoms. The van der Waals surface area contributed by atoms with E-state index in [1.165, 1.54) is 28.4 Å². The molecule has 4 rings (SSSR count). The van der Waals surface area contributed by atoms with Crippen molar-refractivity contribution < 1.29 is 14.7 Å². The minimum atomic E-state index is -0.670. The highest BCUT2D eigenvalue weighted by atomic mass is 16.5. The molecule has 3 aromatic carbocycles. The van der Waals surface area contributed by atoms with Crippen molar-refractivity contribution in [2.75, 3.05) is 7.11 Å². The number of fused-ring (bicyclic) bond motifs is 1. The second kappa shape index (κ2) is 9.54. The van der Waals surface area contributed by atoms with Gasteiger partial charge < -0.3 is 4.74 Å². The number of benzene rings is 3. The topological polar surface area (TPSA) is 103 Å². The van der Waals surface area contributed by atoms with Gasteiger partial charge in [-0.2, -0.15) is 0 Å². The van der Waals surface area contributed by atoms with Crippen molar-refractivity contribution in [1.82, 2.24) is 14.6 Å². The first-order valence-corrected chi connectivity index (χ1v) is 10.4. The summed E-state index contributed by atoms with van der Waals surface area (Å²) < 4.78 is 8.21. The molecule has 1 heterocycles. The van der Waals surface area contributed by atoms with Crippen LogP contribution in [-0.4, -0.2) is 27.4 Å². The van der Waals surface area contributed by atoms with Gasteiger partial charge in [-0.15, -0.1) is 0 Å². The average Bonchev–Trinajstić information content (AvgIpc) is 2.86. The van der Waals surface area contributed by atoms with Gasteiger partial charge >= 0.3 is 5.69 Å². The zero-order chi connectivity index (χ0) is 23.4. The van der Waals surface area contributed by atoms with E-state index in [1.54, 1.807) is 35.8 Å². The van der Waals surface area contributed by atoms with Gasteiger partial charge in [0, 0.05) is 17.7 Å². The second-order valence-electron chi connectivity index (χ2n) is 7.55. The number of rotatable bonds is 7. The lowest BCUT2D eigenvalue weighted by Gasteiger charge is -2.16. The summed E-state index contributed by atoms with van der Waals surface area (Å²) in [4.78, 5) is 38.3. The monoisotopic (exact) mass is 445 g/mol. The Morgan fingerprint density at radius 3 is 2.42 bits per heavy atom. The normalized spacial score (nSPS) is 10.8. The van der Waals surface area contributed by atoms with E-state index in [2.05, 4.69) is 0 Å². The SMILES string of the molecule is COc1cc(C(=O)NO)ccc1Cn1c(=O)n(CCc2ccccc2)c(=O)c2ccccc21. The highest BCUT2D eigenvalue weighted by Crippen LogP contribution is 2.22.